The van der Waals surface area contributed by atoms with E-state index in [1.54, 1.807) is 23.4 Å². The van der Waals surface area contributed by atoms with Crippen molar-refractivity contribution in [2.75, 3.05) is 0 Å². The molecular weight excluding hydrogens is 286 g/mol. The molecule has 0 aliphatic carbocycles. The highest BCUT2D eigenvalue weighted by Gasteiger charge is 2.12. The maximum absolute atomic E-state index is 12.6. The van der Waals surface area contributed by atoms with E-state index in [1.807, 2.05) is 25.1 Å². The lowest BCUT2D eigenvalue weighted by molar-refractivity contribution is 0.561. The second-order valence-corrected chi connectivity index (χ2v) is 5.89. The number of aromatic nitrogens is 3. The monoisotopic (exact) mass is 297 g/mol. The summed E-state index contributed by atoms with van der Waals surface area (Å²) >= 11 is 1.40. The summed E-state index contributed by atoms with van der Waals surface area (Å²) in [5, 5.41) is 0.938. The second-order valence-electron chi connectivity index (χ2n) is 4.89. The van der Waals surface area contributed by atoms with E-state index in [9.17, 15) is 4.79 Å². The van der Waals surface area contributed by atoms with Crippen molar-refractivity contribution in [3.05, 3.63) is 58.7 Å². The minimum absolute atomic E-state index is 0.0400. The fourth-order valence-corrected chi connectivity index (χ4v) is 3.46. The fourth-order valence-electron chi connectivity index (χ4n) is 2.33. The van der Waals surface area contributed by atoms with Crippen molar-refractivity contribution < 1.29 is 4.42 Å². The van der Waals surface area contributed by atoms with Crippen molar-refractivity contribution in [3.63, 3.8) is 0 Å². The molecule has 0 aromatic carbocycles. The molecule has 0 aliphatic rings. The highest BCUT2D eigenvalue weighted by molar-refractivity contribution is 7.25. The zero-order chi connectivity index (χ0) is 14.4. The van der Waals surface area contributed by atoms with Gasteiger partial charge >= 0.3 is 0 Å². The molecule has 0 N–H and O–H groups in total. The van der Waals surface area contributed by atoms with Crippen LogP contribution in [-0.2, 0) is 6.54 Å². The van der Waals surface area contributed by atoms with Crippen LogP contribution >= 0.6 is 11.3 Å². The molecule has 0 amide bonds. The van der Waals surface area contributed by atoms with Gasteiger partial charge in [-0.1, -0.05) is 0 Å². The molecule has 4 aromatic rings. The van der Waals surface area contributed by atoms with Crippen LogP contribution in [0.1, 0.15) is 11.3 Å². The third-order valence-corrected chi connectivity index (χ3v) is 4.46. The molecule has 0 saturated heterocycles. The first-order valence-electron chi connectivity index (χ1n) is 6.49. The molecule has 5 nitrogen and oxygen atoms in total. The lowest BCUT2D eigenvalue weighted by atomic mass is 10.2. The van der Waals surface area contributed by atoms with Gasteiger partial charge in [0.05, 0.1) is 30.9 Å². The quantitative estimate of drug-likeness (QED) is 0.570. The molecule has 0 radical (unpaired) electrons. The zero-order valence-corrected chi connectivity index (χ0v) is 12.1. The Hall–Kier alpha value is -2.47. The highest BCUT2D eigenvalue weighted by atomic mass is 32.1. The van der Waals surface area contributed by atoms with Crippen LogP contribution in [0.3, 0.4) is 0 Å². The molecular formula is C15H11N3O2S. The van der Waals surface area contributed by atoms with E-state index in [1.165, 1.54) is 11.3 Å². The second kappa shape index (κ2) is 4.53. The lowest BCUT2D eigenvalue weighted by Gasteiger charge is -2.02. The summed E-state index contributed by atoms with van der Waals surface area (Å²) in [5.74, 6) is 0. The smallest absolute Gasteiger partial charge is 0.271 e. The third-order valence-electron chi connectivity index (χ3n) is 3.38. The van der Waals surface area contributed by atoms with Gasteiger partial charge in [-0.3, -0.25) is 9.36 Å². The summed E-state index contributed by atoms with van der Waals surface area (Å²) in [4.78, 5) is 22.4. The molecule has 6 heteroatoms. The number of hydrogen-bond donors (Lipinski definition) is 0. The standard InChI is InChI=1S/C15H11N3O2S/c1-9-2-3-11-12-13(21-14(11)17-9)15(19)18(8-16-12)6-10-4-5-20-7-10/h2-5,7-8H,6H2,1H3. The maximum atomic E-state index is 12.6. The predicted octanol–water partition coefficient (Wildman–Crippen LogP) is 2.96. The predicted molar refractivity (Wildman–Crippen MR) is 81.7 cm³/mol. The molecule has 0 bridgehead atoms. The number of aryl methyl sites for hydroxylation is 1. The number of nitrogens with zero attached hydrogens (tertiary/aromatic N) is 3. The normalized spacial score (nSPS) is 11.5. The Labute approximate surface area is 123 Å². The van der Waals surface area contributed by atoms with Gasteiger partial charge in [0.1, 0.15) is 9.53 Å². The number of rotatable bonds is 2. The van der Waals surface area contributed by atoms with Gasteiger partial charge in [0.25, 0.3) is 5.56 Å². The summed E-state index contributed by atoms with van der Waals surface area (Å²) in [6.07, 6.45) is 4.81. The van der Waals surface area contributed by atoms with Crippen molar-refractivity contribution in [3.8, 4) is 0 Å². The first-order chi connectivity index (χ1) is 10.2. The SMILES string of the molecule is Cc1ccc2c(n1)sc1c(=O)n(Cc3ccoc3)cnc12. The maximum Gasteiger partial charge on any atom is 0.271 e. The zero-order valence-electron chi connectivity index (χ0n) is 11.2. The number of hydrogen-bond acceptors (Lipinski definition) is 5. The number of pyridine rings is 1. The Morgan fingerprint density at radius 3 is 3.05 bits per heavy atom. The summed E-state index contributed by atoms with van der Waals surface area (Å²) in [7, 11) is 0. The third kappa shape index (κ3) is 1.95. The minimum atomic E-state index is -0.0400. The van der Waals surface area contributed by atoms with Gasteiger partial charge in [-0.05, 0) is 25.1 Å². The van der Waals surface area contributed by atoms with Crippen LogP contribution in [0.15, 0.2) is 46.3 Å². The molecule has 0 atom stereocenters. The number of furan rings is 1. The number of thiophene rings is 1. The molecule has 104 valence electrons. The first kappa shape index (κ1) is 12.3. The summed E-state index contributed by atoms with van der Waals surface area (Å²) in [6, 6.07) is 5.75. The van der Waals surface area contributed by atoms with Crippen LogP contribution in [0.2, 0.25) is 0 Å². The van der Waals surface area contributed by atoms with Crippen molar-refractivity contribution in [2.24, 2.45) is 0 Å². The lowest BCUT2D eigenvalue weighted by Crippen LogP contribution is -2.19. The topological polar surface area (TPSA) is 60.9 Å². The van der Waals surface area contributed by atoms with Crippen LogP contribution in [0, 0.1) is 6.92 Å². The van der Waals surface area contributed by atoms with Crippen LogP contribution in [0.25, 0.3) is 20.4 Å². The van der Waals surface area contributed by atoms with Gasteiger partial charge in [-0.15, -0.1) is 11.3 Å². The average Bonchev–Trinajstić information content (AvgIpc) is 3.09. The van der Waals surface area contributed by atoms with E-state index in [0.717, 1.165) is 27.0 Å². The van der Waals surface area contributed by atoms with Crippen molar-refractivity contribution in [2.45, 2.75) is 13.5 Å². The molecule has 0 fully saturated rings. The highest BCUT2D eigenvalue weighted by Crippen LogP contribution is 2.28. The van der Waals surface area contributed by atoms with Gasteiger partial charge in [0, 0.05) is 16.6 Å². The van der Waals surface area contributed by atoms with Gasteiger partial charge in [-0.25, -0.2) is 9.97 Å². The largest absolute Gasteiger partial charge is 0.472 e. The van der Waals surface area contributed by atoms with E-state index in [0.29, 0.717) is 11.2 Å². The number of fused-ring (bicyclic) bond motifs is 3. The van der Waals surface area contributed by atoms with E-state index in [-0.39, 0.29) is 5.56 Å². The molecule has 4 aromatic heterocycles. The Morgan fingerprint density at radius 1 is 1.33 bits per heavy atom. The molecule has 4 rings (SSSR count). The summed E-state index contributed by atoms with van der Waals surface area (Å²) < 4.78 is 7.27. The molecule has 21 heavy (non-hydrogen) atoms. The van der Waals surface area contributed by atoms with Crippen LogP contribution in [-0.4, -0.2) is 14.5 Å². The average molecular weight is 297 g/mol. The van der Waals surface area contributed by atoms with Crippen LogP contribution in [0.5, 0.6) is 0 Å². The molecule has 4 heterocycles. The molecule has 0 spiro atoms. The van der Waals surface area contributed by atoms with E-state index in [2.05, 4.69) is 9.97 Å². The van der Waals surface area contributed by atoms with Crippen LogP contribution < -0.4 is 5.56 Å². The Balaban J connectivity index is 1.94. The minimum Gasteiger partial charge on any atom is -0.472 e. The van der Waals surface area contributed by atoms with Gasteiger partial charge < -0.3 is 4.42 Å². The van der Waals surface area contributed by atoms with Gasteiger partial charge in [-0.2, -0.15) is 0 Å². The van der Waals surface area contributed by atoms with E-state index in [4.69, 9.17) is 4.42 Å². The van der Waals surface area contributed by atoms with E-state index < -0.39 is 0 Å². The van der Waals surface area contributed by atoms with Gasteiger partial charge in [0.15, 0.2) is 0 Å². The molecule has 0 saturated carbocycles. The molecule has 0 aliphatic heterocycles. The van der Waals surface area contributed by atoms with E-state index >= 15 is 0 Å². The Kier molecular flexibility index (Phi) is 2.65. The van der Waals surface area contributed by atoms with Crippen molar-refractivity contribution >= 4 is 31.8 Å². The molecule has 0 unspecified atom stereocenters. The van der Waals surface area contributed by atoms with Crippen molar-refractivity contribution in [1.29, 1.82) is 0 Å². The summed E-state index contributed by atoms with van der Waals surface area (Å²) in [6.45, 7) is 2.40. The van der Waals surface area contributed by atoms with Gasteiger partial charge in [0.2, 0.25) is 0 Å². The summed E-state index contributed by atoms with van der Waals surface area (Å²) in [5.41, 5.74) is 2.57. The Bertz CT molecular complexity index is 999. The Morgan fingerprint density at radius 2 is 2.24 bits per heavy atom. The van der Waals surface area contributed by atoms with Crippen LogP contribution in [0.4, 0.5) is 0 Å². The van der Waals surface area contributed by atoms with Crippen molar-refractivity contribution in [1.82, 2.24) is 14.5 Å². The first-order valence-corrected chi connectivity index (χ1v) is 7.30. The fraction of sp³-hybridized carbons (Fsp3) is 0.133.